The first-order valence-corrected chi connectivity index (χ1v) is 2.97. The van der Waals surface area contributed by atoms with Crippen LogP contribution in [-0.4, -0.2) is 11.2 Å². The Hall–Kier alpha value is -1.16. The Kier molecular flexibility index (Phi) is 2.17. The average molecular weight is 154 g/mol. The molecule has 0 amide bonds. The van der Waals surface area contributed by atoms with Crippen LogP contribution < -0.4 is 4.84 Å². The second-order valence-corrected chi connectivity index (χ2v) is 1.96. The van der Waals surface area contributed by atoms with E-state index in [0.717, 1.165) is 4.73 Å². The summed E-state index contributed by atoms with van der Waals surface area (Å²) in [6.45, 7) is 1.27. The minimum atomic E-state index is 0.436. The molecule has 3 nitrogen and oxygen atoms in total. The van der Waals surface area contributed by atoms with Crippen molar-refractivity contribution in [1.82, 2.24) is 4.73 Å². The molecule has 1 radical (unpaired) electrons. The molecule has 1 aromatic rings. The molecule has 0 bridgehead atoms. The number of nitrogens with zero attached hydrogens (tertiary/aromatic N) is 1. The van der Waals surface area contributed by atoms with Crippen molar-refractivity contribution in [2.24, 2.45) is 0 Å². The van der Waals surface area contributed by atoms with Crippen LogP contribution in [0.25, 0.3) is 0 Å². The van der Waals surface area contributed by atoms with E-state index in [0.29, 0.717) is 4.64 Å². The van der Waals surface area contributed by atoms with Gasteiger partial charge < -0.3 is 4.84 Å². The van der Waals surface area contributed by atoms with Gasteiger partial charge in [-0.2, -0.15) is 4.73 Å². The van der Waals surface area contributed by atoms with E-state index in [1.54, 1.807) is 18.2 Å². The first kappa shape index (κ1) is 6.95. The van der Waals surface area contributed by atoms with Crippen molar-refractivity contribution in [3.63, 3.8) is 0 Å². The minimum absolute atomic E-state index is 0.436. The van der Waals surface area contributed by atoms with Gasteiger partial charge in [0.25, 0.3) is 0 Å². The summed E-state index contributed by atoms with van der Waals surface area (Å²) in [5.41, 5.74) is 0. The number of carbonyl (C=O) groups excluding carboxylic acids is 1. The van der Waals surface area contributed by atoms with Crippen molar-refractivity contribution in [2.45, 2.75) is 0 Å². The molecule has 1 aromatic heterocycles. The molecule has 0 aliphatic rings. The highest BCUT2D eigenvalue weighted by Gasteiger charge is 1.86. The summed E-state index contributed by atoms with van der Waals surface area (Å²) in [6, 6.07) is 5.10. The van der Waals surface area contributed by atoms with Crippen molar-refractivity contribution in [3.05, 3.63) is 29.0 Å². The first-order valence-electron chi connectivity index (χ1n) is 2.57. The Morgan fingerprint density at radius 2 is 2.40 bits per heavy atom. The molecular weight excluding hydrogens is 150 g/mol. The van der Waals surface area contributed by atoms with E-state index in [9.17, 15) is 4.79 Å². The van der Waals surface area contributed by atoms with E-state index in [2.05, 4.69) is 4.84 Å². The van der Waals surface area contributed by atoms with Crippen molar-refractivity contribution < 1.29 is 9.63 Å². The molecule has 1 heterocycles. The Morgan fingerprint density at radius 3 is 3.00 bits per heavy atom. The summed E-state index contributed by atoms with van der Waals surface area (Å²) in [6.07, 6.45) is 1.53. The van der Waals surface area contributed by atoms with Crippen LogP contribution in [0.1, 0.15) is 0 Å². The van der Waals surface area contributed by atoms with Gasteiger partial charge in [-0.25, -0.2) is 4.79 Å². The van der Waals surface area contributed by atoms with E-state index >= 15 is 0 Å². The normalized spacial score (nSPS) is 8.80. The highest BCUT2D eigenvalue weighted by molar-refractivity contribution is 7.71. The quantitative estimate of drug-likeness (QED) is 0.588. The monoisotopic (exact) mass is 154 g/mol. The lowest BCUT2D eigenvalue weighted by Crippen LogP contribution is -2.08. The van der Waals surface area contributed by atoms with Gasteiger partial charge in [-0.05, 0) is 12.1 Å². The standard InChI is InChI=1S/C6H4NO2S/c8-5-9-7-4-2-1-3-6(7)10/h1-4H. The number of pyridine rings is 1. The first-order chi connectivity index (χ1) is 4.84. The number of rotatable bonds is 2. The molecule has 1 rings (SSSR count). The van der Waals surface area contributed by atoms with Crippen LogP contribution in [0.2, 0.25) is 0 Å². The molecule has 0 aliphatic carbocycles. The predicted octanol–water partition coefficient (Wildman–Crippen LogP) is 0.713. The van der Waals surface area contributed by atoms with Crippen LogP contribution in [0.3, 0.4) is 0 Å². The molecule has 0 atom stereocenters. The third-order valence-corrected chi connectivity index (χ3v) is 1.24. The van der Waals surface area contributed by atoms with Gasteiger partial charge in [-0.1, -0.05) is 18.3 Å². The Labute approximate surface area is 62.8 Å². The third kappa shape index (κ3) is 1.41. The second-order valence-electron chi connectivity index (χ2n) is 1.54. The van der Waals surface area contributed by atoms with E-state index in [1.807, 2.05) is 0 Å². The molecular formula is C6H4NO2S. The van der Waals surface area contributed by atoms with Crippen LogP contribution >= 0.6 is 12.2 Å². The van der Waals surface area contributed by atoms with Crippen molar-refractivity contribution in [1.29, 1.82) is 0 Å². The Balaban J connectivity index is 3.03. The van der Waals surface area contributed by atoms with Gasteiger partial charge in [-0.3, -0.25) is 0 Å². The molecule has 0 aliphatic heterocycles. The molecule has 51 valence electrons. The summed E-state index contributed by atoms with van der Waals surface area (Å²) < 4.78 is 1.59. The molecule has 0 unspecified atom stereocenters. The second kappa shape index (κ2) is 3.12. The third-order valence-electron chi connectivity index (χ3n) is 0.924. The fourth-order valence-electron chi connectivity index (χ4n) is 0.528. The number of hydrogen-bond donors (Lipinski definition) is 0. The fraction of sp³-hybridized carbons (Fsp3) is 0. The topological polar surface area (TPSA) is 31.2 Å². The Bertz CT molecular complexity index is 281. The van der Waals surface area contributed by atoms with Gasteiger partial charge in [0.15, 0.2) is 0 Å². The van der Waals surface area contributed by atoms with Crippen molar-refractivity contribution in [2.75, 3.05) is 0 Å². The lowest BCUT2D eigenvalue weighted by Gasteiger charge is -1.97. The average Bonchev–Trinajstić information content (AvgIpc) is 1.94. The van der Waals surface area contributed by atoms with Gasteiger partial charge in [0.05, 0.1) is 0 Å². The van der Waals surface area contributed by atoms with Gasteiger partial charge in [0.2, 0.25) is 0 Å². The van der Waals surface area contributed by atoms with E-state index < -0.39 is 0 Å². The van der Waals surface area contributed by atoms with E-state index in [-0.39, 0.29) is 0 Å². The molecule has 0 fully saturated rings. The van der Waals surface area contributed by atoms with Crippen LogP contribution in [0.4, 0.5) is 0 Å². The molecule has 10 heavy (non-hydrogen) atoms. The summed E-state index contributed by atoms with van der Waals surface area (Å²) in [7, 11) is 0. The summed E-state index contributed by atoms with van der Waals surface area (Å²) in [5, 5.41) is 0. The molecule has 0 saturated heterocycles. The maximum Gasteiger partial charge on any atom is 0.444 e. The lowest BCUT2D eigenvalue weighted by molar-refractivity contribution is 0.237. The Morgan fingerprint density at radius 1 is 1.60 bits per heavy atom. The zero-order chi connectivity index (χ0) is 7.40. The lowest BCUT2D eigenvalue weighted by atomic mass is 10.5. The zero-order valence-electron chi connectivity index (χ0n) is 4.98. The molecule has 0 spiro atoms. The highest BCUT2D eigenvalue weighted by Crippen LogP contribution is 1.88. The largest absolute Gasteiger partial charge is 0.444 e. The maximum absolute atomic E-state index is 9.71. The SMILES string of the molecule is O=[C]On1ccccc1=S. The maximum atomic E-state index is 9.71. The van der Waals surface area contributed by atoms with E-state index in [4.69, 9.17) is 12.2 Å². The summed E-state index contributed by atoms with van der Waals surface area (Å²) >= 11 is 4.78. The summed E-state index contributed by atoms with van der Waals surface area (Å²) in [5.74, 6) is 0. The predicted molar refractivity (Wildman–Crippen MR) is 37.5 cm³/mol. The van der Waals surface area contributed by atoms with Crippen LogP contribution in [0, 0.1) is 4.64 Å². The van der Waals surface area contributed by atoms with Crippen LogP contribution in [-0.2, 0) is 4.79 Å². The molecule has 0 N–H and O–H groups in total. The van der Waals surface area contributed by atoms with Gasteiger partial charge >= 0.3 is 6.47 Å². The fourth-order valence-corrected chi connectivity index (χ4v) is 0.705. The number of hydrogen-bond acceptors (Lipinski definition) is 3. The van der Waals surface area contributed by atoms with Gasteiger partial charge in [-0.15, -0.1) is 0 Å². The van der Waals surface area contributed by atoms with Gasteiger partial charge in [0, 0.05) is 6.20 Å². The summed E-state index contributed by atoms with van der Waals surface area (Å²) in [4.78, 5) is 14.1. The minimum Gasteiger partial charge on any atom is -0.324 e. The zero-order valence-corrected chi connectivity index (χ0v) is 5.80. The smallest absolute Gasteiger partial charge is 0.324 e. The van der Waals surface area contributed by atoms with Crippen LogP contribution in [0.15, 0.2) is 24.4 Å². The molecule has 0 saturated carbocycles. The van der Waals surface area contributed by atoms with Gasteiger partial charge in [0.1, 0.15) is 4.64 Å². The number of aromatic nitrogens is 1. The van der Waals surface area contributed by atoms with E-state index in [1.165, 1.54) is 12.7 Å². The van der Waals surface area contributed by atoms with Crippen LogP contribution in [0.5, 0.6) is 0 Å². The van der Waals surface area contributed by atoms with Crippen molar-refractivity contribution >= 4 is 18.7 Å². The molecule has 4 heteroatoms. The van der Waals surface area contributed by atoms with Crippen molar-refractivity contribution in [3.8, 4) is 0 Å². The highest BCUT2D eigenvalue weighted by atomic mass is 32.1. The molecule has 0 aromatic carbocycles.